The number of hydrogen-bond acceptors (Lipinski definition) is 3. The summed E-state index contributed by atoms with van der Waals surface area (Å²) in [5.41, 5.74) is 0.815. The van der Waals surface area contributed by atoms with Gasteiger partial charge in [-0.05, 0) is 30.0 Å². The number of hydrogen-bond donors (Lipinski definition) is 3. The van der Waals surface area contributed by atoms with Gasteiger partial charge in [-0.2, -0.15) is 0 Å². The maximum atomic E-state index is 12.2. The highest BCUT2D eigenvalue weighted by molar-refractivity contribution is 9.10. The second-order valence-electron chi connectivity index (χ2n) is 5.99. The van der Waals surface area contributed by atoms with E-state index in [1.165, 1.54) is 0 Å². The van der Waals surface area contributed by atoms with Gasteiger partial charge < -0.3 is 15.7 Å². The maximum absolute atomic E-state index is 12.2. The van der Waals surface area contributed by atoms with Crippen LogP contribution in [0.15, 0.2) is 28.7 Å². The van der Waals surface area contributed by atoms with E-state index in [0.717, 1.165) is 10.0 Å². The maximum Gasteiger partial charge on any atom is 0.303 e. The molecule has 132 valence electrons. The van der Waals surface area contributed by atoms with Crippen molar-refractivity contribution in [3.8, 4) is 0 Å². The first-order valence-electron chi connectivity index (χ1n) is 7.81. The first kappa shape index (κ1) is 20.2. The summed E-state index contributed by atoms with van der Waals surface area (Å²) in [6.07, 6.45) is 0.0119. The van der Waals surface area contributed by atoms with Crippen LogP contribution in [0, 0.1) is 5.92 Å². The van der Waals surface area contributed by atoms with Crippen molar-refractivity contribution in [3.05, 3.63) is 34.3 Å². The summed E-state index contributed by atoms with van der Waals surface area (Å²) >= 11 is 3.32. The molecule has 0 aliphatic carbocycles. The molecule has 0 aliphatic heterocycles. The molecule has 0 spiro atoms. The average Bonchev–Trinajstić information content (AvgIpc) is 2.51. The van der Waals surface area contributed by atoms with E-state index in [9.17, 15) is 14.4 Å². The van der Waals surface area contributed by atoms with Crippen LogP contribution in [0.1, 0.15) is 32.3 Å². The van der Waals surface area contributed by atoms with Gasteiger partial charge in [-0.15, -0.1) is 0 Å². The normalized spacial score (nSPS) is 11.8. The minimum Gasteiger partial charge on any atom is -0.481 e. The Kier molecular flexibility index (Phi) is 8.46. The van der Waals surface area contributed by atoms with Crippen LogP contribution in [0.5, 0.6) is 0 Å². The Hall–Kier alpha value is -1.89. The lowest BCUT2D eigenvalue weighted by Gasteiger charge is -2.18. The van der Waals surface area contributed by atoms with Crippen molar-refractivity contribution in [2.24, 2.45) is 5.92 Å². The minimum atomic E-state index is -1.00. The number of aliphatic carboxylic acids is 1. The highest BCUT2D eigenvalue weighted by atomic mass is 79.9. The van der Waals surface area contributed by atoms with Crippen LogP contribution in [0.25, 0.3) is 0 Å². The molecule has 7 heteroatoms. The second-order valence-corrected chi connectivity index (χ2v) is 6.91. The molecule has 1 atom stereocenters. The third kappa shape index (κ3) is 8.10. The van der Waals surface area contributed by atoms with Crippen molar-refractivity contribution in [3.63, 3.8) is 0 Å². The fraction of sp³-hybridized carbons (Fsp3) is 0.471. The third-order valence-electron chi connectivity index (χ3n) is 3.26. The highest BCUT2D eigenvalue weighted by Crippen LogP contribution is 2.11. The molecule has 0 saturated carbocycles. The van der Waals surface area contributed by atoms with Crippen LogP contribution in [0.4, 0.5) is 0 Å². The van der Waals surface area contributed by atoms with E-state index in [1.807, 2.05) is 38.1 Å². The van der Waals surface area contributed by atoms with Gasteiger partial charge in [-0.25, -0.2) is 0 Å². The van der Waals surface area contributed by atoms with Crippen molar-refractivity contribution >= 4 is 33.7 Å². The summed E-state index contributed by atoms with van der Waals surface area (Å²) < 4.78 is 0.916. The summed E-state index contributed by atoms with van der Waals surface area (Å²) in [6, 6.07) is 6.45. The van der Waals surface area contributed by atoms with Crippen molar-refractivity contribution in [1.82, 2.24) is 10.6 Å². The number of carboxylic acid groups (broad SMARTS) is 1. The van der Waals surface area contributed by atoms with Gasteiger partial charge >= 0.3 is 5.97 Å². The predicted molar refractivity (Wildman–Crippen MR) is 94.5 cm³/mol. The number of carboxylic acids is 1. The molecule has 1 aromatic carbocycles. The molecule has 6 nitrogen and oxygen atoms in total. The number of rotatable bonds is 9. The first-order valence-corrected chi connectivity index (χ1v) is 8.60. The van der Waals surface area contributed by atoms with Crippen LogP contribution in [0.2, 0.25) is 0 Å². The SMILES string of the molecule is CC(C)CNC(=O)[C@H](CCC(=O)O)NC(=O)Cc1ccc(Br)cc1. The highest BCUT2D eigenvalue weighted by Gasteiger charge is 2.21. The molecule has 3 N–H and O–H groups in total. The standard InChI is InChI=1S/C17H23BrN2O4/c1-11(2)10-19-17(24)14(7-8-16(22)23)20-15(21)9-12-3-5-13(18)6-4-12/h3-6,11,14H,7-10H2,1-2H3,(H,19,24)(H,20,21)(H,22,23)/t14-/m0/s1. The van der Waals surface area contributed by atoms with E-state index in [2.05, 4.69) is 26.6 Å². The van der Waals surface area contributed by atoms with Gasteiger partial charge in [0.2, 0.25) is 11.8 Å². The van der Waals surface area contributed by atoms with Crippen molar-refractivity contribution in [2.45, 2.75) is 39.2 Å². The molecule has 0 aromatic heterocycles. The molecular weight excluding hydrogens is 376 g/mol. The number of halogens is 1. The van der Waals surface area contributed by atoms with Crippen molar-refractivity contribution in [1.29, 1.82) is 0 Å². The van der Waals surface area contributed by atoms with E-state index < -0.39 is 12.0 Å². The number of carbonyl (C=O) groups is 3. The third-order valence-corrected chi connectivity index (χ3v) is 3.79. The van der Waals surface area contributed by atoms with E-state index in [-0.39, 0.29) is 37.0 Å². The molecule has 0 saturated heterocycles. The fourth-order valence-corrected chi connectivity index (χ4v) is 2.26. The lowest BCUT2D eigenvalue weighted by Crippen LogP contribution is -2.48. The summed E-state index contributed by atoms with van der Waals surface area (Å²) in [5, 5.41) is 14.2. The predicted octanol–water partition coefficient (Wildman–Crippen LogP) is 2.11. The Bertz CT molecular complexity index is 572. The van der Waals surface area contributed by atoms with Crippen LogP contribution in [-0.2, 0) is 20.8 Å². The van der Waals surface area contributed by atoms with Gasteiger partial charge in [0.05, 0.1) is 6.42 Å². The van der Waals surface area contributed by atoms with Gasteiger partial charge in [-0.1, -0.05) is 41.9 Å². The van der Waals surface area contributed by atoms with Gasteiger partial charge in [0.1, 0.15) is 6.04 Å². The monoisotopic (exact) mass is 398 g/mol. The minimum absolute atomic E-state index is 0.0609. The molecule has 1 rings (SSSR count). The first-order chi connectivity index (χ1) is 11.3. The molecule has 0 unspecified atom stereocenters. The topological polar surface area (TPSA) is 95.5 Å². The zero-order valence-electron chi connectivity index (χ0n) is 13.8. The molecule has 1 aromatic rings. The summed E-state index contributed by atoms with van der Waals surface area (Å²) in [6.45, 7) is 4.39. The lowest BCUT2D eigenvalue weighted by molar-refractivity contribution is -0.138. The summed E-state index contributed by atoms with van der Waals surface area (Å²) in [5.74, 6) is -1.40. The Morgan fingerprint density at radius 3 is 2.33 bits per heavy atom. The number of amides is 2. The average molecular weight is 399 g/mol. The van der Waals surface area contributed by atoms with E-state index in [0.29, 0.717) is 6.54 Å². The Balaban J connectivity index is 2.64. The van der Waals surface area contributed by atoms with Crippen molar-refractivity contribution in [2.75, 3.05) is 6.54 Å². The Morgan fingerprint density at radius 2 is 1.79 bits per heavy atom. The van der Waals surface area contributed by atoms with Gasteiger partial charge in [0.25, 0.3) is 0 Å². The van der Waals surface area contributed by atoms with Gasteiger partial charge in [-0.3, -0.25) is 14.4 Å². The van der Waals surface area contributed by atoms with E-state index >= 15 is 0 Å². The fourth-order valence-electron chi connectivity index (χ4n) is 2.00. The molecular formula is C17H23BrN2O4. The summed E-state index contributed by atoms with van der Waals surface area (Å²) in [7, 11) is 0. The van der Waals surface area contributed by atoms with Crippen LogP contribution >= 0.6 is 15.9 Å². The quantitative estimate of drug-likeness (QED) is 0.593. The van der Waals surface area contributed by atoms with Crippen LogP contribution in [0.3, 0.4) is 0 Å². The number of benzene rings is 1. The smallest absolute Gasteiger partial charge is 0.303 e. The van der Waals surface area contributed by atoms with Crippen LogP contribution in [-0.4, -0.2) is 35.5 Å². The van der Waals surface area contributed by atoms with Crippen molar-refractivity contribution < 1.29 is 19.5 Å². The second kappa shape index (κ2) is 10.1. The molecule has 0 bridgehead atoms. The molecule has 2 amide bonds. The zero-order chi connectivity index (χ0) is 18.1. The van der Waals surface area contributed by atoms with Gasteiger partial charge in [0.15, 0.2) is 0 Å². The van der Waals surface area contributed by atoms with E-state index in [4.69, 9.17) is 5.11 Å². The molecule has 0 radical (unpaired) electrons. The molecule has 0 fully saturated rings. The number of nitrogens with one attached hydrogen (secondary N) is 2. The van der Waals surface area contributed by atoms with Gasteiger partial charge in [0, 0.05) is 17.4 Å². The Labute approximate surface area is 150 Å². The van der Waals surface area contributed by atoms with Crippen LogP contribution < -0.4 is 10.6 Å². The molecule has 0 aliphatic rings. The largest absolute Gasteiger partial charge is 0.481 e. The van der Waals surface area contributed by atoms with E-state index in [1.54, 1.807) is 0 Å². The zero-order valence-corrected chi connectivity index (χ0v) is 15.4. The molecule has 24 heavy (non-hydrogen) atoms. The Morgan fingerprint density at radius 1 is 1.17 bits per heavy atom. The number of carbonyl (C=O) groups excluding carboxylic acids is 2. The molecule has 0 heterocycles. The summed E-state index contributed by atoms with van der Waals surface area (Å²) in [4.78, 5) is 35.1. The lowest BCUT2D eigenvalue weighted by atomic mass is 10.1.